The smallest absolute Gasteiger partial charge is 0.267 e. The van der Waals surface area contributed by atoms with E-state index in [-0.39, 0.29) is 0 Å². The number of carbonyl (C=O) groups is 2. The summed E-state index contributed by atoms with van der Waals surface area (Å²) in [6, 6.07) is 5.75. The van der Waals surface area contributed by atoms with Crippen molar-refractivity contribution in [2.24, 2.45) is 11.7 Å². The number of hydrogen-bond acceptors (Lipinski definition) is 4. The lowest BCUT2D eigenvalue weighted by Crippen LogP contribution is -2.61. The summed E-state index contributed by atoms with van der Waals surface area (Å²) in [4.78, 5) is 23.9. The van der Waals surface area contributed by atoms with Crippen LogP contribution in [0.2, 0.25) is 0 Å². The highest BCUT2D eigenvalue weighted by Gasteiger charge is 2.33. The topological polar surface area (TPSA) is 104 Å². The fourth-order valence-electron chi connectivity index (χ4n) is 1.99. The van der Waals surface area contributed by atoms with Gasteiger partial charge in [0.25, 0.3) is 11.8 Å². The number of carbonyl (C=O) groups excluding carboxylic acids is 2. The molecule has 0 heterocycles. The van der Waals surface area contributed by atoms with Gasteiger partial charge in [-0.2, -0.15) is 0 Å². The summed E-state index contributed by atoms with van der Waals surface area (Å²) in [6.07, 6.45) is 2.33. The number of benzene rings is 1. The SMILES string of the molecule is CC(C)(N)C(NC(=O)c1ccc(C#CC2CC2)cc1)C(=O)NO. The second-order valence-electron chi connectivity index (χ2n) is 6.32. The predicted molar refractivity (Wildman–Crippen MR) is 85.5 cm³/mol. The van der Waals surface area contributed by atoms with Gasteiger partial charge in [-0.25, -0.2) is 5.48 Å². The zero-order valence-electron chi connectivity index (χ0n) is 13.2. The molecule has 1 aromatic carbocycles. The molecule has 23 heavy (non-hydrogen) atoms. The second-order valence-corrected chi connectivity index (χ2v) is 6.32. The van der Waals surface area contributed by atoms with Gasteiger partial charge in [-0.05, 0) is 51.0 Å². The van der Waals surface area contributed by atoms with E-state index < -0.39 is 23.4 Å². The first-order valence-corrected chi connectivity index (χ1v) is 7.46. The third kappa shape index (κ3) is 4.81. The Morgan fingerprint density at radius 3 is 2.39 bits per heavy atom. The molecule has 2 rings (SSSR count). The molecule has 0 saturated heterocycles. The molecule has 1 aliphatic carbocycles. The first-order valence-electron chi connectivity index (χ1n) is 7.46. The van der Waals surface area contributed by atoms with Crippen molar-refractivity contribution in [3.8, 4) is 11.8 Å². The second kappa shape index (κ2) is 6.82. The molecule has 5 N–H and O–H groups in total. The molecule has 1 saturated carbocycles. The number of nitrogens with two attached hydrogens (primary N) is 1. The largest absolute Gasteiger partial charge is 0.338 e. The predicted octanol–water partition coefficient (Wildman–Crippen LogP) is 0.789. The number of hydroxylamine groups is 1. The molecule has 1 unspecified atom stereocenters. The molecule has 0 spiro atoms. The zero-order valence-corrected chi connectivity index (χ0v) is 13.2. The molecular formula is C17H21N3O3. The van der Waals surface area contributed by atoms with Crippen molar-refractivity contribution < 1.29 is 14.8 Å². The normalized spacial score (nSPS) is 15.1. The lowest BCUT2D eigenvalue weighted by atomic mass is 9.95. The molecule has 0 radical (unpaired) electrons. The fourth-order valence-corrected chi connectivity index (χ4v) is 1.99. The van der Waals surface area contributed by atoms with Crippen molar-refractivity contribution in [2.45, 2.75) is 38.3 Å². The molecule has 1 aliphatic rings. The lowest BCUT2D eigenvalue weighted by molar-refractivity contribution is -0.132. The summed E-state index contributed by atoms with van der Waals surface area (Å²) in [5.41, 5.74) is 7.60. The number of nitrogens with one attached hydrogen (secondary N) is 2. The molecule has 6 heteroatoms. The highest BCUT2D eigenvalue weighted by Crippen LogP contribution is 2.27. The maximum Gasteiger partial charge on any atom is 0.267 e. The Hall–Kier alpha value is -2.36. The fraction of sp³-hybridized carbons (Fsp3) is 0.412. The van der Waals surface area contributed by atoms with E-state index in [9.17, 15) is 9.59 Å². The van der Waals surface area contributed by atoms with Crippen LogP contribution in [-0.4, -0.2) is 28.6 Å². The first kappa shape index (κ1) is 17.0. The van der Waals surface area contributed by atoms with E-state index in [0.29, 0.717) is 11.5 Å². The number of rotatable bonds is 4. The maximum atomic E-state index is 12.2. The van der Waals surface area contributed by atoms with E-state index in [2.05, 4.69) is 17.2 Å². The van der Waals surface area contributed by atoms with Gasteiger partial charge in [-0.15, -0.1) is 0 Å². The molecule has 0 aliphatic heterocycles. The van der Waals surface area contributed by atoms with Gasteiger partial charge < -0.3 is 11.1 Å². The van der Waals surface area contributed by atoms with Crippen molar-refractivity contribution in [3.63, 3.8) is 0 Å². The summed E-state index contributed by atoms with van der Waals surface area (Å²) in [7, 11) is 0. The minimum atomic E-state index is -1.06. The Balaban J connectivity index is 2.07. The van der Waals surface area contributed by atoms with Crippen molar-refractivity contribution in [1.82, 2.24) is 10.8 Å². The molecule has 0 aromatic heterocycles. The van der Waals surface area contributed by atoms with Gasteiger partial charge in [0.15, 0.2) is 0 Å². The molecule has 2 amide bonds. The highest BCUT2D eigenvalue weighted by atomic mass is 16.5. The summed E-state index contributed by atoms with van der Waals surface area (Å²) in [5, 5.41) is 11.3. The van der Waals surface area contributed by atoms with Crippen LogP contribution in [0.15, 0.2) is 24.3 Å². The summed E-state index contributed by atoms with van der Waals surface area (Å²) < 4.78 is 0. The van der Waals surface area contributed by atoms with Crippen LogP contribution in [0, 0.1) is 17.8 Å². The van der Waals surface area contributed by atoms with Crippen LogP contribution < -0.4 is 16.5 Å². The van der Waals surface area contributed by atoms with Gasteiger partial charge in [-0.3, -0.25) is 14.8 Å². The van der Waals surface area contributed by atoms with E-state index in [1.54, 1.807) is 38.1 Å². The number of amides is 2. The Kier molecular flexibility index (Phi) is 5.04. The van der Waals surface area contributed by atoms with Crippen molar-refractivity contribution in [3.05, 3.63) is 35.4 Å². The quantitative estimate of drug-likeness (QED) is 0.374. The van der Waals surface area contributed by atoms with Gasteiger partial charge >= 0.3 is 0 Å². The Morgan fingerprint density at radius 2 is 1.91 bits per heavy atom. The van der Waals surface area contributed by atoms with Gasteiger partial charge in [0, 0.05) is 22.6 Å². The molecule has 1 fully saturated rings. The molecule has 0 bridgehead atoms. The summed E-state index contributed by atoms with van der Waals surface area (Å²) in [6.45, 7) is 3.17. The molecule has 1 atom stereocenters. The summed E-state index contributed by atoms with van der Waals surface area (Å²) in [5.74, 6) is 5.52. The van der Waals surface area contributed by atoms with Crippen LogP contribution in [-0.2, 0) is 4.79 Å². The van der Waals surface area contributed by atoms with Crippen LogP contribution in [0.1, 0.15) is 42.6 Å². The third-order valence-electron chi connectivity index (χ3n) is 3.54. The molecular weight excluding hydrogens is 294 g/mol. The monoisotopic (exact) mass is 315 g/mol. The van der Waals surface area contributed by atoms with E-state index in [1.165, 1.54) is 5.48 Å². The molecule has 122 valence electrons. The Labute approximate surface area is 135 Å². The third-order valence-corrected chi connectivity index (χ3v) is 3.54. The average molecular weight is 315 g/mol. The lowest BCUT2D eigenvalue weighted by Gasteiger charge is -2.29. The van der Waals surface area contributed by atoms with E-state index >= 15 is 0 Å². The van der Waals surface area contributed by atoms with Gasteiger partial charge in [0.2, 0.25) is 0 Å². The van der Waals surface area contributed by atoms with Crippen LogP contribution in [0.25, 0.3) is 0 Å². The highest BCUT2D eigenvalue weighted by molar-refractivity contribution is 5.97. The van der Waals surface area contributed by atoms with E-state index in [4.69, 9.17) is 10.9 Å². The van der Waals surface area contributed by atoms with Crippen molar-refractivity contribution >= 4 is 11.8 Å². The standard InChI is InChI=1S/C17H21N3O3/c1-17(2,18)14(16(22)20-23)19-15(21)13-9-7-12(8-10-13)6-5-11-3-4-11/h7-11,14,23H,3-4,18H2,1-2H3,(H,19,21)(H,20,22). The Morgan fingerprint density at radius 1 is 1.30 bits per heavy atom. The maximum absolute atomic E-state index is 12.2. The minimum absolute atomic E-state index is 0.391. The Bertz CT molecular complexity index is 646. The van der Waals surface area contributed by atoms with Gasteiger partial charge in [0.1, 0.15) is 6.04 Å². The van der Waals surface area contributed by atoms with Gasteiger partial charge in [0.05, 0.1) is 0 Å². The zero-order chi connectivity index (χ0) is 17.0. The first-order chi connectivity index (χ1) is 10.8. The van der Waals surface area contributed by atoms with E-state index in [0.717, 1.165) is 18.4 Å². The summed E-state index contributed by atoms with van der Waals surface area (Å²) >= 11 is 0. The van der Waals surface area contributed by atoms with Crippen LogP contribution >= 0.6 is 0 Å². The molecule has 1 aromatic rings. The van der Waals surface area contributed by atoms with Crippen LogP contribution in [0.4, 0.5) is 0 Å². The van der Waals surface area contributed by atoms with E-state index in [1.807, 2.05) is 0 Å². The van der Waals surface area contributed by atoms with Crippen molar-refractivity contribution in [2.75, 3.05) is 0 Å². The molecule has 6 nitrogen and oxygen atoms in total. The van der Waals surface area contributed by atoms with Crippen molar-refractivity contribution in [1.29, 1.82) is 0 Å². The average Bonchev–Trinajstić information content (AvgIpc) is 3.33. The van der Waals surface area contributed by atoms with Gasteiger partial charge in [-0.1, -0.05) is 11.8 Å². The van der Waals surface area contributed by atoms with Crippen LogP contribution in [0.3, 0.4) is 0 Å². The minimum Gasteiger partial charge on any atom is -0.338 e. The van der Waals surface area contributed by atoms with Crippen LogP contribution in [0.5, 0.6) is 0 Å². The number of hydrogen-bond donors (Lipinski definition) is 4.